The molecule has 0 spiro atoms. The Morgan fingerprint density at radius 3 is 2.67 bits per heavy atom. The lowest BCUT2D eigenvalue weighted by Gasteiger charge is -2.17. The maximum Gasteiger partial charge on any atom is 0.253 e. The summed E-state index contributed by atoms with van der Waals surface area (Å²) in [6.07, 6.45) is 0. The van der Waals surface area contributed by atoms with Gasteiger partial charge < -0.3 is 9.64 Å². The van der Waals surface area contributed by atoms with Crippen molar-refractivity contribution in [1.82, 2.24) is 4.90 Å². The van der Waals surface area contributed by atoms with E-state index in [1.807, 2.05) is 19.1 Å². The molecule has 0 saturated heterocycles. The van der Waals surface area contributed by atoms with Crippen LogP contribution in [-0.2, 0) is 4.74 Å². The second kappa shape index (κ2) is 7.62. The van der Waals surface area contributed by atoms with Crippen LogP contribution in [0.4, 0.5) is 0 Å². The molecule has 1 rings (SSSR count). The summed E-state index contributed by atoms with van der Waals surface area (Å²) in [4.78, 5) is 13.7. The molecule has 0 aliphatic carbocycles. The van der Waals surface area contributed by atoms with Crippen molar-refractivity contribution < 1.29 is 9.53 Å². The van der Waals surface area contributed by atoms with E-state index < -0.39 is 0 Å². The molecule has 1 aromatic rings. The first-order valence-electron chi connectivity index (χ1n) is 5.71. The van der Waals surface area contributed by atoms with Gasteiger partial charge in [-0.05, 0) is 30.7 Å². The summed E-state index contributed by atoms with van der Waals surface area (Å²) in [5.74, 6) is 0.403. The summed E-state index contributed by atoms with van der Waals surface area (Å²) < 4.78 is 5.24. The molecule has 0 heterocycles. The van der Waals surface area contributed by atoms with Gasteiger partial charge in [0.1, 0.15) is 0 Å². The van der Waals surface area contributed by atoms with Crippen molar-refractivity contribution in [2.24, 2.45) is 0 Å². The lowest BCUT2D eigenvalue weighted by Crippen LogP contribution is -2.30. The zero-order chi connectivity index (χ0) is 13.5. The molecule has 0 aliphatic heterocycles. The number of aryl methyl sites for hydroxylation is 1. The lowest BCUT2D eigenvalue weighted by molar-refractivity contribution is 0.0712. The summed E-state index contributed by atoms with van der Waals surface area (Å²) in [6, 6.07) is 5.32. The summed E-state index contributed by atoms with van der Waals surface area (Å²) in [5.41, 5.74) is 1.57. The van der Waals surface area contributed by atoms with Crippen LogP contribution >= 0.6 is 23.2 Å². The van der Waals surface area contributed by atoms with Crippen LogP contribution < -0.4 is 0 Å². The molecule has 1 amide bonds. The number of alkyl halides is 1. The highest BCUT2D eigenvalue weighted by atomic mass is 35.5. The fraction of sp³-hybridized carbons (Fsp3) is 0.462. The van der Waals surface area contributed by atoms with E-state index >= 15 is 0 Å². The first kappa shape index (κ1) is 15.3. The number of rotatable bonds is 6. The summed E-state index contributed by atoms with van der Waals surface area (Å²) in [6.45, 7) is 3.42. The van der Waals surface area contributed by atoms with Crippen molar-refractivity contribution in [3.8, 4) is 0 Å². The summed E-state index contributed by atoms with van der Waals surface area (Å²) >= 11 is 11.4. The number of benzene rings is 1. The van der Waals surface area contributed by atoms with Crippen molar-refractivity contribution in [3.63, 3.8) is 0 Å². The molecular weight excluding hydrogens is 273 g/mol. The van der Waals surface area contributed by atoms with E-state index in [2.05, 4.69) is 0 Å². The van der Waals surface area contributed by atoms with Crippen molar-refractivity contribution in [2.75, 3.05) is 32.7 Å². The number of carbonyl (C=O) groups excluding carboxylic acids is 1. The van der Waals surface area contributed by atoms with Crippen LogP contribution in [0, 0.1) is 6.92 Å². The van der Waals surface area contributed by atoms with Gasteiger partial charge in [0.2, 0.25) is 0 Å². The van der Waals surface area contributed by atoms with E-state index in [1.165, 1.54) is 0 Å². The molecule has 0 fully saturated rings. The van der Waals surface area contributed by atoms with Gasteiger partial charge in [0.15, 0.2) is 0 Å². The van der Waals surface area contributed by atoms with E-state index in [1.54, 1.807) is 18.0 Å². The molecule has 0 aliphatic rings. The van der Waals surface area contributed by atoms with Crippen molar-refractivity contribution in [3.05, 3.63) is 34.3 Å². The van der Waals surface area contributed by atoms with Gasteiger partial charge in [-0.15, -0.1) is 11.6 Å². The normalized spacial score (nSPS) is 10.4. The van der Waals surface area contributed by atoms with Crippen molar-refractivity contribution >= 4 is 29.1 Å². The molecule has 1 aromatic carbocycles. The number of hydrogen-bond acceptors (Lipinski definition) is 2. The predicted octanol–water partition coefficient (Wildman–Crippen LogP) is 2.98. The topological polar surface area (TPSA) is 29.5 Å². The van der Waals surface area contributed by atoms with Gasteiger partial charge in [-0.1, -0.05) is 11.6 Å². The molecule has 0 saturated carbocycles. The Hall–Kier alpha value is -0.770. The third kappa shape index (κ3) is 4.84. The number of hydrogen-bond donors (Lipinski definition) is 0. The smallest absolute Gasteiger partial charge is 0.253 e. The number of amides is 1. The molecule has 0 bridgehead atoms. The Morgan fingerprint density at radius 1 is 1.33 bits per heavy atom. The van der Waals surface area contributed by atoms with Gasteiger partial charge in [-0.25, -0.2) is 0 Å². The van der Waals surface area contributed by atoms with Crippen LogP contribution in [0.3, 0.4) is 0 Å². The number of nitrogens with zero attached hydrogens (tertiary/aromatic N) is 1. The van der Waals surface area contributed by atoms with E-state index in [0.29, 0.717) is 36.2 Å². The molecular formula is C13H17Cl2NO2. The maximum absolute atomic E-state index is 12.1. The Labute approximate surface area is 118 Å². The molecule has 18 heavy (non-hydrogen) atoms. The van der Waals surface area contributed by atoms with Gasteiger partial charge in [-0.3, -0.25) is 4.79 Å². The molecule has 0 N–H and O–H groups in total. The SMILES string of the molecule is Cc1cc(Cl)cc(C(=O)N(C)CCOCCCl)c1. The first-order valence-corrected chi connectivity index (χ1v) is 6.62. The van der Waals surface area contributed by atoms with E-state index in [0.717, 1.165) is 5.56 Å². The molecule has 5 heteroatoms. The Kier molecular flexibility index (Phi) is 6.47. The number of ether oxygens (including phenoxy) is 1. The maximum atomic E-state index is 12.1. The van der Waals surface area contributed by atoms with Gasteiger partial charge >= 0.3 is 0 Å². The van der Waals surface area contributed by atoms with Crippen molar-refractivity contribution in [1.29, 1.82) is 0 Å². The van der Waals surface area contributed by atoms with Crippen LogP contribution in [0.1, 0.15) is 15.9 Å². The fourth-order valence-corrected chi connectivity index (χ4v) is 1.94. The van der Waals surface area contributed by atoms with Crippen molar-refractivity contribution in [2.45, 2.75) is 6.92 Å². The van der Waals surface area contributed by atoms with Gasteiger partial charge in [0.25, 0.3) is 5.91 Å². The molecule has 0 atom stereocenters. The highest BCUT2D eigenvalue weighted by molar-refractivity contribution is 6.31. The van der Waals surface area contributed by atoms with E-state index in [4.69, 9.17) is 27.9 Å². The molecule has 100 valence electrons. The Bertz CT molecular complexity index is 390. The van der Waals surface area contributed by atoms with Crippen LogP contribution in [0.5, 0.6) is 0 Å². The zero-order valence-corrected chi connectivity index (χ0v) is 12.1. The molecule has 0 unspecified atom stereocenters. The molecule has 0 radical (unpaired) electrons. The number of carbonyl (C=O) groups is 1. The minimum atomic E-state index is -0.0601. The average molecular weight is 290 g/mol. The monoisotopic (exact) mass is 289 g/mol. The van der Waals surface area contributed by atoms with Crippen LogP contribution in [0.15, 0.2) is 18.2 Å². The van der Waals surface area contributed by atoms with Crippen LogP contribution in [0.25, 0.3) is 0 Å². The zero-order valence-electron chi connectivity index (χ0n) is 10.6. The third-order valence-corrected chi connectivity index (χ3v) is 2.80. The summed E-state index contributed by atoms with van der Waals surface area (Å²) in [7, 11) is 1.74. The highest BCUT2D eigenvalue weighted by Crippen LogP contribution is 2.15. The summed E-state index contributed by atoms with van der Waals surface area (Å²) in [5, 5.41) is 0.574. The highest BCUT2D eigenvalue weighted by Gasteiger charge is 2.12. The van der Waals surface area contributed by atoms with Gasteiger partial charge in [0.05, 0.1) is 13.2 Å². The van der Waals surface area contributed by atoms with Crippen LogP contribution in [0.2, 0.25) is 5.02 Å². The van der Waals surface area contributed by atoms with E-state index in [-0.39, 0.29) is 5.91 Å². The fourth-order valence-electron chi connectivity index (χ4n) is 1.54. The first-order chi connectivity index (χ1) is 8.54. The largest absolute Gasteiger partial charge is 0.378 e. The standard InChI is InChI=1S/C13H17Cl2NO2/c1-10-7-11(9-12(15)8-10)13(17)16(2)4-6-18-5-3-14/h7-9H,3-6H2,1-2H3. The quantitative estimate of drug-likeness (QED) is 0.595. The average Bonchev–Trinajstić information content (AvgIpc) is 2.32. The predicted molar refractivity (Wildman–Crippen MR) is 74.7 cm³/mol. The van der Waals surface area contributed by atoms with Crippen LogP contribution in [-0.4, -0.2) is 43.5 Å². The second-order valence-electron chi connectivity index (χ2n) is 4.05. The number of halogens is 2. The minimum absolute atomic E-state index is 0.0601. The van der Waals surface area contributed by atoms with E-state index in [9.17, 15) is 4.79 Å². The van der Waals surface area contributed by atoms with Gasteiger partial charge in [0, 0.05) is 30.1 Å². The third-order valence-electron chi connectivity index (χ3n) is 2.43. The molecule has 0 aromatic heterocycles. The Balaban J connectivity index is 2.57. The second-order valence-corrected chi connectivity index (χ2v) is 4.86. The molecule has 3 nitrogen and oxygen atoms in total. The lowest BCUT2D eigenvalue weighted by atomic mass is 10.1. The Morgan fingerprint density at radius 2 is 2.06 bits per heavy atom. The minimum Gasteiger partial charge on any atom is -0.378 e. The van der Waals surface area contributed by atoms with Gasteiger partial charge in [-0.2, -0.15) is 0 Å². The number of likely N-dealkylation sites (N-methyl/N-ethyl adjacent to an activating group) is 1.